The lowest BCUT2D eigenvalue weighted by atomic mass is 10.0. The molecule has 7 nitrogen and oxygen atoms in total. The van der Waals surface area contributed by atoms with Crippen molar-refractivity contribution in [3.05, 3.63) is 0 Å². The van der Waals surface area contributed by atoms with Crippen molar-refractivity contribution in [1.29, 1.82) is 0 Å². The Morgan fingerprint density at radius 1 is 1.45 bits per heavy atom. The Morgan fingerprint density at radius 3 is 2.70 bits per heavy atom. The molecule has 2 amide bonds. The minimum Gasteiger partial charge on any atom is -0.382 e. The van der Waals surface area contributed by atoms with Crippen LogP contribution in [0.25, 0.3) is 0 Å². The quantitative estimate of drug-likeness (QED) is 0.717. The minimum absolute atomic E-state index is 0.0921. The normalized spacial score (nSPS) is 24.1. The number of hydrogen-bond acceptors (Lipinski definition) is 5. The van der Waals surface area contributed by atoms with Crippen LogP contribution >= 0.6 is 0 Å². The highest BCUT2D eigenvalue weighted by Gasteiger charge is 2.30. The Kier molecular flexibility index (Phi) is 4.94. The fraction of sp³-hybridized carbons (Fsp3) is 0.769. The van der Waals surface area contributed by atoms with E-state index in [1.54, 1.807) is 0 Å². The number of piperidine rings is 1. The first-order valence-electron chi connectivity index (χ1n) is 7.11. The molecule has 20 heavy (non-hydrogen) atoms. The highest BCUT2D eigenvalue weighted by molar-refractivity contribution is 5.92. The number of oxime groups is 1. The SMILES string of the molecule is CCC1=NOC(C(=O)NC2CCN(CC(N)=O)CC2)C1. The summed E-state index contributed by atoms with van der Waals surface area (Å²) < 4.78 is 0. The van der Waals surface area contributed by atoms with Gasteiger partial charge < -0.3 is 15.9 Å². The van der Waals surface area contributed by atoms with Gasteiger partial charge in [-0.15, -0.1) is 0 Å². The second kappa shape index (κ2) is 6.69. The van der Waals surface area contributed by atoms with E-state index in [1.165, 1.54) is 0 Å². The highest BCUT2D eigenvalue weighted by atomic mass is 16.6. The largest absolute Gasteiger partial charge is 0.382 e. The molecule has 1 unspecified atom stereocenters. The molecule has 112 valence electrons. The van der Waals surface area contributed by atoms with Crippen LogP contribution in [0.15, 0.2) is 5.16 Å². The maximum absolute atomic E-state index is 12.0. The third kappa shape index (κ3) is 3.93. The van der Waals surface area contributed by atoms with Crippen LogP contribution in [0.2, 0.25) is 0 Å². The molecule has 0 saturated carbocycles. The number of nitrogens with two attached hydrogens (primary N) is 1. The predicted octanol–water partition coefficient (Wildman–Crippen LogP) is -0.393. The lowest BCUT2D eigenvalue weighted by molar-refractivity contribution is -0.132. The number of carbonyl (C=O) groups is 2. The van der Waals surface area contributed by atoms with Crippen LogP contribution in [0.3, 0.4) is 0 Å². The van der Waals surface area contributed by atoms with E-state index in [2.05, 4.69) is 10.5 Å². The van der Waals surface area contributed by atoms with E-state index in [1.807, 2.05) is 11.8 Å². The summed E-state index contributed by atoms with van der Waals surface area (Å²) in [4.78, 5) is 30.0. The van der Waals surface area contributed by atoms with Gasteiger partial charge in [-0.05, 0) is 19.3 Å². The third-order valence-corrected chi connectivity index (χ3v) is 3.74. The summed E-state index contributed by atoms with van der Waals surface area (Å²) in [6.07, 6.45) is 2.58. The molecular formula is C13H22N4O3. The zero-order chi connectivity index (χ0) is 14.5. The molecule has 1 atom stereocenters. The van der Waals surface area contributed by atoms with E-state index in [9.17, 15) is 9.59 Å². The van der Waals surface area contributed by atoms with Gasteiger partial charge in [0.15, 0.2) is 0 Å². The summed E-state index contributed by atoms with van der Waals surface area (Å²) in [6.45, 7) is 3.84. The molecule has 0 aliphatic carbocycles. The molecule has 2 heterocycles. The molecule has 0 radical (unpaired) electrons. The van der Waals surface area contributed by atoms with E-state index >= 15 is 0 Å². The standard InChI is InChI=1S/C13H22N4O3/c1-2-9-7-11(20-16-9)13(19)15-10-3-5-17(6-4-10)8-12(14)18/h10-11H,2-8H2,1H3,(H2,14,18)(H,15,19). The monoisotopic (exact) mass is 282 g/mol. The Morgan fingerprint density at radius 2 is 2.15 bits per heavy atom. The van der Waals surface area contributed by atoms with E-state index in [0.717, 1.165) is 38.1 Å². The molecule has 3 N–H and O–H groups in total. The van der Waals surface area contributed by atoms with Crippen molar-refractivity contribution < 1.29 is 14.4 Å². The zero-order valence-electron chi connectivity index (χ0n) is 11.8. The summed E-state index contributed by atoms with van der Waals surface area (Å²) in [5, 5.41) is 6.89. The Bertz CT molecular complexity index is 402. The third-order valence-electron chi connectivity index (χ3n) is 3.74. The van der Waals surface area contributed by atoms with Crippen LogP contribution in [-0.4, -0.2) is 54.2 Å². The smallest absolute Gasteiger partial charge is 0.264 e. The lowest BCUT2D eigenvalue weighted by Crippen LogP contribution is -2.48. The van der Waals surface area contributed by atoms with Gasteiger partial charge in [-0.2, -0.15) is 0 Å². The fourth-order valence-corrected chi connectivity index (χ4v) is 2.53. The van der Waals surface area contributed by atoms with Gasteiger partial charge in [0, 0.05) is 25.6 Å². The van der Waals surface area contributed by atoms with Crippen LogP contribution in [0.5, 0.6) is 0 Å². The van der Waals surface area contributed by atoms with Crippen LogP contribution in [-0.2, 0) is 14.4 Å². The molecule has 0 bridgehead atoms. The molecule has 1 fully saturated rings. The molecular weight excluding hydrogens is 260 g/mol. The zero-order valence-corrected chi connectivity index (χ0v) is 11.8. The average molecular weight is 282 g/mol. The molecule has 0 aromatic heterocycles. The van der Waals surface area contributed by atoms with Crippen molar-refractivity contribution in [3.8, 4) is 0 Å². The molecule has 0 aromatic carbocycles. The number of hydrogen-bond donors (Lipinski definition) is 2. The summed E-state index contributed by atoms with van der Waals surface area (Å²) in [6, 6.07) is 0.140. The lowest BCUT2D eigenvalue weighted by Gasteiger charge is -2.31. The van der Waals surface area contributed by atoms with E-state index < -0.39 is 6.10 Å². The number of nitrogens with one attached hydrogen (secondary N) is 1. The molecule has 7 heteroatoms. The van der Waals surface area contributed by atoms with E-state index in [4.69, 9.17) is 10.6 Å². The highest BCUT2D eigenvalue weighted by Crippen LogP contribution is 2.15. The fourth-order valence-electron chi connectivity index (χ4n) is 2.53. The van der Waals surface area contributed by atoms with Crippen LogP contribution in [0, 0.1) is 0 Å². The first-order valence-corrected chi connectivity index (χ1v) is 7.11. The van der Waals surface area contributed by atoms with Gasteiger partial charge in [0.2, 0.25) is 12.0 Å². The Hall–Kier alpha value is -1.63. The number of carbonyl (C=O) groups excluding carboxylic acids is 2. The minimum atomic E-state index is -0.478. The Balaban J connectivity index is 1.70. The van der Waals surface area contributed by atoms with E-state index in [0.29, 0.717) is 13.0 Å². The summed E-state index contributed by atoms with van der Waals surface area (Å²) in [5.41, 5.74) is 6.10. The number of amides is 2. The first kappa shape index (κ1) is 14.8. The van der Waals surface area contributed by atoms with Crippen molar-refractivity contribution in [2.24, 2.45) is 10.9 Å². The Labute approximate surface area is 118 Å². The number of primary amides is 1. The topological polar surface area (TPSA) is 97.0 Å². The first-order chi connectivity index (χ1) is 9.58. The summed E-state index contributed by atoms with van der Waals surface area (Å²) >= 11 is 0. The molecule has 1 saturated heterocycles. The van der Waals surface area contributed by atoms with Crippen LogP contribution in [0.4, 0.5) is 0 Å². The van der Waals surface area contributed by atoms with Gasteiger partial charge in [-0.1, -0.05) is 12.1 Å². The maximum Gasteiger partial charge on any atom is 0.264 e. The van der Waals surface area contributed by atoms with E-state index in [-0.39, 0.29) is 17.9 Å². The second-order valence-electron chi connectivity index (χ2n) is 5.33. The van der Waals surface area contributed by atoms with Crippen molar-refractivity contribution in [3.63, 3.8) is 0 Å². The maximum atomic E-state index is 12.0. The second-order valence-corrected chi connectivity index (χ2v) is 5.33. The summed E-state index contributed by atoms with van der Waals surface area (Å²) in [7, 11) is 0. The molecule has 0 spiro atoms. The van der Waals surface area contributed by atoms with Crippen molar-refractivity contribution in [2.45, 2.75) is 44.8 Å². The van der Waals surface area contributed by atoms with Gasteiger partial charge >= 0.3 is 0 Å². The number of rotatable bonds is 5. The van der Waals surface area contributed by atoms with Gasteiger partial charge in [0.05, 0.1) is 12.3 Å². The predicted molar refractivity (Wildman–Crippen MR) is 74.0 cm³/mol. The van der Waals surface area contributed by atoms with Crippen molar-refractivity contribution in [2.75, 3.05) is 19.6 Å². The molecule has 2 aliphatic heterocycles. The number of nitrogens with zero attached hydrogens (tertiary/aromatic N) is 2. The molecule has 2 rings (SSSR count). The molecule has 0 aromatic rings. The van der Waals surface area contributed by atoms with Gasteiger partial charge in [0.25, 0.3) is 5.91 Å². The van der Waals surface area contributed by atoms with Gasteiger partial charge in [-0.3, -0.25) is 14.5 Å². The molecule has 2 aliphatic rings. The van der Waals surface area contributed by atoms with Crippen molar-refractivity contribution >= 4 is 17.5 Å². The number of likely N-dealkylation sites (tertiary alicyclic amines) is 1. The van der Waals surface area contributed by atoms with Crippen molar-refractivity contribution in [1.82, 2.24) is 10.2 Å². The average Bonchev–Trinajstić information content (AvgIpc) is 2.89. The summed E-state index contributed by atoms with van der Waals surface area (Å²) in [5.74, 6) is -0.401. The van der Waals surface area contributed by atoms with Gasteiger partial charge in [-0.25, -0.2) is 0 Å². The van der Waals surface area contributed by atoms with Crippen LogP contribution in [0.1, 0.15) is 32.6 Å². The van der Waals surface area contributed by atoms with Crippen LogP contribution < -0.4 is 11.1 Å². The van der Waals surface area contributed by atoms with Gasteiger partial charge in [0.1, 0.15) is 0 Å².